The van der Waals surface area contributed by atoms with E-state index in [-0.39, 0.29) is 24.6 Å². The van der Waals surface area contributed by atoms with Crippen molar-refractivity contribution in [3.8, 4) is 0 Å². The van der Waals surface area contributed by atoms with Gasteiger partial charge in [-0.25, -0.2) is 18.2 Å². The van der Waals surface area contributed by atoms with Crippen LogP contribution in [0.25, 0.3) is 0 Å². The van der Waals surface area contributed by atoms with E-state index in [0.717, 1.165) is 6.07 Å². The van der Waals surface area contributed by atoms with Crippen LogP contribution in [0.2, 0.25) is 0 Å². The summed E-state index contributed by atoms with van der Waals surface area (Å²) in [5.41, 5.74) is -2.04. The molecule has 1 aliphatic rings. The minimum absolute atomic E-state index is 0.00840. The number of halogens is 4. The third-order valence-corrected chi connectivity index (χ3v) is 3.49. The Balaban J connectivity index is 2.59. The summed E-state index contributed by atoms with van der Waals surface area (Å²) in [6, 6.07) is 3.93. The maximum absolute atomic E-state index is 13.9. The first-order valence-corrected chi connectivity index (χ1v) is 6.43. The molecule has 19 heavy (non-hydrogen) atoms. The zero-order valence-electron chi connectivity index (χ0n) is 10.1. The first-order chi connectivity index (χ1) is 8.99. The van der Waals surface area contributed by atoms with Crippen molar-refractivity contribution in [2.75, 3.05) is 13.7 Å². The molecule has 0 saturated carbocycles. The summed E-state index contributed by atoms with van der Waals surface area (Å²) in [6.07, 6.45) is -2.91. The van der Waals surface area contributed by atoms with E-state index in [1.54, 1.807) is 0 Å². The van der Waals surface area contributed by atoms with Crippen LogP contribution in [0.3, 0.4) is 0 Å². The number of ether oxygens (including phenoxy) is 1. The van der Waals surface area contributed by atoms with Gasteiger partial charge in [-0.05, 0) is 18.2 Å². The Kier molecular flexibility index (Phi) is 4.03. The molecule has 0 spiro atoms. The van der Waals surface area contributed by atoms with E-state index < -0.39 is 17.8 Å². The molecular formula is C12H12BrF3N2O. The Morgan fingerprint density at radius 1 is 1.47 bits per heavy atom. The van der Waals surface area contributed by atoms with Crippen LogP contribution in [0.15, 0.2) is 27.7 Å². The van der Waals surface area contributed by atoms with Gasteiger partial charge in [-0.2, -0.15) is 0 Å². The first kappa shape index (κ1) is 14.2. The topological polar surface area (TPSA) is 33.6 Å². The Morgan fingerprint density at radius 2 is 2.21 bits per heavy atom. The molecule has 0 amide bonds. The van der Waals surface area contributed by atoms with E-state index in [1.807, 2.05) is 0 Å². The highest BCUT2D eigenvalue weighted by Crippen LogP contribution is 2.40. The Hall–Kier alpha value is -1.24. The summed E-state index contributed by atoms with van der Waals surface area (Å²) < 4.78 is 46.5. The van der Waals surface area contributed by atoms with E-state index in [4.69, 9.17) is 4.74 Å². The number of nitrogens with zero attached hydrogens (tertiary/aromatic N) is 1. The molecule has 0 fully saturated rings. The summed E-state index contributed by atoms with van der Waals surface area (Å²) in [7, 11) is 1.51. The molecule has 3 nitrogen and oxygen atoms in total. The predicted octanol–water partition coefficient (Wildman–Crippen LogP) is 3.04. The second kappa shape index (κ2) is 5.40. The van der Waals surface area contributed by atoms with Crippen LogP contribution in [0.1, 0.15) is 12.0 Å². The zero-order chi connectivity index (χ0) is 14.0. The molecule has 0 aliphatic carbocycles. The molecule has 0 aromatic heterocycles. The lowest BCUT2D eigenvalue weighted by Crippen LogP contribution is -2.42. The van der Waals surface area contributed by atoms with Crippen molar-refractivity contribution >= 4 is 22.0 Å². The molecule has 0 radical (unpaired) electrons. The highest BCUT2D eigenvalue weighted by atomic mass is 79.9. The van der Waals surface area contributed by atoms with E-state index in [1.165, 1.54) is 19.2 Å². The monoisotopic (exact) mass is 336 g/mol. The number of hydrogen-bond donors (Lipinski definition) is 1. The van der Waals surface area contributed by atoms with Gasteiger partial charge in [0.25, 0.3) is 12.4 Å². The zero-order valence-corrected chi connectivity index (χ0v) is 11.7. The van der Waals surface area contributed by atoms with Crippen LogP contribution in [0.4, 0.5) is 13.2 Å². The van der Waals surface area contributed by atoms with Gasteiger partial charge in [-0.1, -0.05) is 15.9 Å². The molecule has 104 valence electrons. The van der Waals surface area contributed by atoms with Crippen LogP contribution >= 0.6 is 15.9 Å². The standard InChI is InChI=1S/C12H12BrF3N2O/c1-17-11-18-12(10(15)16,4-5-19-11)8-6-7(13)2-3-9(8)14/h2-3,6,10H,4-5H2,1H3,(H,17,18)/t12-/m0/s1. The van der Waals surface area contributed by atoms with Crippen molar-refractivity contribution < 1.29 is 17.9 Å². The molecule has 1 atom stereocenters. The molecule has 1 aliphatic heterocycles. The molecule has 7 heteroatoms. The predicted molar refractivity (Wildman–Crippen MR) is 68.8 cm³/mol. The third-order valence-electron chi connectivity index (χ3n) is 2.99. The molecule has 0 bridgehead atoms. The van der Waals surface area contributed by atoms with Crippen LogP contribution < -0.4 is 5.32 Å². The fourth-order valence-electron chi connectivity index (χ4n) is 2.00. The lowest BCUT2D eigenvalue weighted by Gasteiger charge is -2.33. The SMILES string of the molecule is CNC1=N[C@@](c2cc(Br)ccc2F)(C(F)F)CCO1. The minimum atomic E-state index is -2.83. The average Bonchev–Trinajstić information content (AvgIpc) is 2.41. The summed E-state index contributed by atoms with van der Waals surface area (Å²) in [5.74, 6) is -0.704. The number of aliphatic imine (C=N–C) groups is 1. The van der Waals surface area contributed by atoms with Gasteiger partial charge in [0, 0.05) is 23.5 Å². The summed E-state index contributed by atoms with van der Waals surface area (Å²) in [6.45, 7) is 0.0516. The van der Waals surface area contributed by atoms with Crippen molar-refractivity contribution in [2.45, 2.75) is 18.4 Å². The quantitative estimate of drug-likeness (QED) is 0.900. The number of rotatable bonds is 2. The summed E-state index contributed by atoms with van der Waals surface area (Å²) in [5, 5.41) is 2.58. The Bertz CT molecular complexity index is 510. The highest BCUT2D eigenvalue weighted by molar-refractivity contribution is 9.10. The third kappa shape index (κ3) is 2.56. The van der Waals surface area contributed by atoms with Gasteiger partial charge in [0.1, 0.15) is 5.82 Å². The van der Waals surface area contributed by atoms with Gasteiger partial charge in [0.05, 0.1) is 6.61 Å². The van der Waals surface area contributed by atoms with E-state index in [2.05, 4.69) is 26.2 Å². The van der Waals surface area contributed by atoms with Crippen LogP contribution in [-0.2, 0) is 10.3 Å². The van der Waals surface area contributed by atoms with Gasteiger partial charge in [-0.3, -0.25) is 0 Å². The minimum Gasteiger partial charge on any atom is -0.465 e. The number of benzene rings is 1. The number of nitrogens with one attached hydrogen (secondary N) is 1. The highest BCUT2D eigenvalue weighted by Gasteiger charge is 2.46. The van der Waals surface area contributed by atoms with Gasteiger partial charge in [0.2, 0.25) is 0 Å². The lowest BCUT2D eigenvalue weighted by atomic mass is 9.87. The molecule has 0 unspecified atom stereocenters. The fraction of sp³-hybridized carbons (Fsp3) is 0.417. The second-order valence-electron chi connectivity index (χ2n) is 4.11. The Labute approximate surface area is 117 Å². The van der Waals surface area contributed by atoms with Crippen LogP contribution in [0.5, 0.6) is 0 Å². The number of amidine groups is 1. The van der Waals surface area contributed by atoms with Crippen molar-refractivity contribution in [2.24, 2.45) is 4.99 Å². The lowest BCUT2D eigenvalue weighted by molar-refractivity contribution is 0.0238. The van der Waals surface area contributed by atoms with Crippen molar-refractivity contribution in [3.63, 3.8) is 0 Å². The smallest absolute Gasteiger partial charge is 0.285 e. The first-order valence-electron chi connectivity index (χ1n) is 5.63. The van der Waals surface area contributed by atoms with Crippen molar-refractivity contribution in [1.82, 2.24) is 5.32 Å². The average molecular weight is 337 g/mol. The largest absolute Gasteiger partial charge is 0.465 e. The molecule has 1 N–H and O–H groups in total. The fourth-order valence-corrected chi connectivity index (χ4v) is 2.36. The van der Waals surface area contributed by atoms with Crippen LogP contribution in [0, 0.1) is 5.82 Å². The van der Waals surface area contributed by atoms with Gasteiger partial charge in [0.15, 0.2) is 5.54 Å². The summed E-state index contributed by atoms with van der Waals surface area (Å²) >= 11 is 3.16. The molecule has 1 aromatic carbocycles. The number of alkyl halides is 2. The molecular weight excluding hydrogens is 325 g/mol. The van der Waals surface area contributed by atoms with Crippen molar-refractivity contribution in [3.05, 3.63) is 34.1 Å². The van der Waals surface area contributed by atoms with Gasteiger partial charge in [-0.15, -0.1) is 0 Å². The molecule has 1 aromatic rings. The van der Waals surface area contributed by atoms with E-state index >= 15 is 0 Å². The Morgan fingerprint density at radius 3 is 2.84 bits per heavy atom. The molecule has 1 heterocycles. The maximum Gasteiger partial charge on any atom is 0.285 e. The summed E-state index contributed by atoms with van der Waals surface area (Å²) in [4.78, 5) is 3.88. The van der Waals surface area contributed by atoms with Crippen LogP contribution in [-0.4, -0.2) is 26.1 Å². The maximum atomic E-state index is 13.9. The molecule has 0 saturated heterocycles. The van der Waals surface area contributed by atoms with Gasteiger partial charge >= 0.3 is 0 Å². The second-order valence-corrected chi connectivity index (χ2v) is 5.03. The molecule has 2 rings (SSSR count). The van der Waals surface area contributed by atoms with E-state index in [0.29, 0.717) is 4.47 Å². The van der Waals surface area contributed by atoms with Gasteiger partial charge < -0.3 is 10.1 Å². The normalized spacial score (nSPS) is 22.9. The van der Waals surface area contributed by atoms with E-state index in [9.17, 15) is 13.2 Å². The number of hydrogen-bond acceptors (Lipinski definition) is 3. The van der Waals surface area contributed by atoms with Crippen molar-refractivity contribution in [1.29, 1.82) is 0 Å².